The molecular weight excluding hydrogens is 246 g/mol. The normalized spacial score (nSPS) is 12.0. The molecule has 0 saturated heterocycles. The average molecular weight is 273 g/mol. The topological polar surface area (TPSA) is 70.7 Å². The molecule has 0 aromatic heterocycles. The minimum Gasteiger partial charge on any atom is -0.383 e. The summed E-state index contributed by atoms with van der Waals surface area (Å²) in [6.07, 6.45) is 0.361. The molecule has 0 bridgehead atoms. The molecule has 6 heteroatoms. The second kappa shape index (κ2) is 10.8. The number of carbonyl (C=O) groups is 2. The lowest BCUT2D eigenvalue weighted by atomic mass is 10.2. The minimum atomic E-state index is -0.258. The minimum absolute atomic E-state index is 0.0351. The van der Waals surface area contributed by atoms with Gasteiger partial charge in [-0.2, -0.15) is 0 Å². The van der Waals surface area contributed by atoms with Crippen molar-refractivity contribution in [3.05, 3.63) is 0 Å². The highest BCUT2D eigenvalue weighted by Gasteiger charge is 2.17. The van der Waals surface area contributed by atoms with Crippen molar-refractivity contribution in [2.75, 3.05) is 39.9 Å². The van der Waals surface area contributed by atoms with Crippen molar-refractivity contribution in [1.29, 1.82) is 0 Å². The Morgan fingerprint density at radius 3 is 2.37 bits per heavy atom. The van der Waals surface area contributed by atoms with Gasteiger partial charge in [-0.3, -0.25) is 9.59 Å². The van der Waals surface area contributed by atoms with Crippen molar-refractivity contribution in [2.24, 2.45) is 0 Å². The number of ether oxygens (including phenoxy) is 1. The third-order valence-electron chi connectivity index (χ3n) is 2.88. The number of nitrogens with zero attached hydrogens (tertiary/aromatic N) is 1. The Hall–Kier alpha value is -1.14. The van der Waals surface area contributed by atoms with E-state index in [-0.39, 0.29) is 17.9 Å². The van der Waals surface area contributed by atoms with E-state index in [2.05, 4.69) is 10.6 Å². The Balaban J connectivity index is 3.81. The molecule has 0 spiro atoms. The van der Waals surface area contributed by atoms with Gasteiger partial charge in [-0.25, -0.2) is 0 Å². The van der Waals surface area contributed by atoms with Gasteiger partial charge in [0, 0.05) is 39.7 Å². The van der Waals surface area contributed by atoms with E-state index < -0.39 is 0 Å². The van der Waals surface area contributed by atoms with Crippen LogP contribution in [0.1, 0.15) is 27.2 Å². The highest BCUT2D eigenvalue weighted by Crippen LogP contribution is 1.94. The maximum Gasteiger partial charge on any atom is 0.239 e. The van der Waals surface area contributed by atoms with Gasteiger partial charge in [-0.15, -0.1) is 0 Å². The first-order valence-corrected chi connectivity index (χ1v) is 6.84. The van der Waals surface area contributed by atoms with E-state index in [1.165, 1.54) is 0 Å². The van der Waals surface area contributed by atoms with E-state index in [0.29, 0.717) is 39.2 Å². The first kappa shape index (κ1) is 17.9. The van der Waals surface area contributed by atoms with Gasteiger partial charge in [0.05, 0.1) is 12.6 Å². The van der Waals surface area contributed by atoms with Crippen LogP contribution in [0.25, 0.3) is 0 Å². The number of amides is 2. The van der Waals surface area contributed by atoms with Gasteiger partial charge in [0.2, 0.25) is 11.8 Å². The predicted molar refractivity (Wildman–Crippen MR) is 74.9 cm³/mol. The fourth-order valence-corrected chi connectivity index (χ4v) is 1.68. The molecule has 0 aromatic rings. The summed E-state index contributed by atoms with van der Waals surface area (Å²) in [4.78, 5) is 25.1. The van der Waals surface area contributed by atoms with Crippen LogP contribution in [0.4, 0.5) is 0 Å². The molecule has 0 rings (SSSR count). The zero-order chi connectivity index (χ0) is 14.7. The lowest BCUT2D eigenvalue weighted by Gasteiger charge is -2.23. The smallest absolute Gasteiger partial charge is 0.239 e. The van der Waals surface area contributed by atoms with Crippen molar-refractivity contribution in [2.45, 2.75) is 33.2 Å². The lowest BCUT2D eigenvalue weighted by Crippen LogP contribution is -2.45. The standard InChI is InChI=1S/C13H27N3O3/c1-5-16(6-2)13(18)11(3)14-8-7-12(17)15-9-10-19-4/h11,14H,5-10H2,1-4H3,(H,15,17). The van der Waals surface area contributed by atoms with Crippen LogP contribution in [0.15, 0.2) is 0 Å². The molecule has 112 valence electrons. The molecular formula is C13H27N3O3. The molecule has 0 aliphatic carbocycles. The summed E-state index contributed by atoms with van der Waals surface area (Å²) in [5, 5.41) is 5.80. The van der Waals surface area contributed by atoms with Crippen molar-refractivity contribution < 1.29 is 14.3 Å². The SMILES string of the molecule is CCN(CC)C(=O)C(C)NCCC(=O)NCCOC. The predicted octanol–water partition coefficient (Wildman–Crippen LogP) is -0.0144. The summed E-state index contributed by atoms with van der Waals surface area (Å²) in [6, 6.07) is -0.258. The highest BCUT2D eigenvalue weighted by molar-refractivity contribution is 5.81. The number of methoxy groups -OCH3 is 1. The third kappa shape index (κ3) is 7.79. The Kier molecular flexibility index (Phi) is 10.1. The van der Waals surface area contributed by atoms with Crippen LogP contribution in [0, 0.1) is 0 Å². The second-order valence-corrected chi connectivity index (χ2v) is 4.28. The van der Waals surface area contributed by atoms with Crippen LogP contribution in [0.3, 0.4) is 0 Å². The van der Waals surface area contributed by atoms with Gasteiger partial charge in [0.25, 0.3) is 0 Å². The molecule has 0 aliphatic rings. The number of hydrogen-bond donors (Lipinski definition) is 2. The highest BCUT2D eigenvalue weighted by atomic mass is 16.5. The van der Waals surface area contributed by atoms with Gasteiger partial charge >= 0.3 is 0 Å². The molecule has 19 heavy (non-hydrogen) atoms. The summed E-state index contributed by atoms with van der Waals surface area (Å²) in [7, 11) is 1.59. The summed E-state index contributed by atoms with van der Waals surface area (Å²) in [6.45, 7) is 8.67. The van der Waals surface area contributed by atoms with E-state index in [1.54, 1.807) is 12.0 Å². The van der Waals surface area contributed by atoms with Crippen LogP contribution in [-0.4, -0.2) is 62.7 Å². The van der Waals surface area contributed by atoms with Gasteiger partial charge in [0.1, 0.15) is 0 Å². The van der Waals surface area contributed by atoms with E-state index in [9.17, 15) is 9.59 Å². The van der Waals surface area contributed by atoms with Gasteiger partial charge < -0.3 is 20.3 Å². The first-order chi connectivity index (χ1) is 9.06. The number of carbonyl (C=O) groups excluding carboxylic acids is 2. The maximum atomic E-state index is 11.9. The third-order valence-corrected chi connectivity index (χ3v) is 2.88. The first-order valence-electron chi connectivity index (χ1n) is 6.84. The quantitative estimate of drug-likeness (QED) is 0.549. The van der Waals surface area contributed by atoms with Crippen LogP contribution < -0.4 is 10.6 Å². The van der Waals surface area contributed by atoms with Crippen LogP contribution >= 0.6 is 0 Å². The summed E-state index contributed by atoms with van der Waals surface area (Å²) < 4.78 is 4.84. The van der Waals surface area contributed by atoms with Crippen LogP contribution in [0.5, 0.6) is 0 Å². The molecule has 2 N–H and O–H groups in total. The van der Waals surface area contributed by atoms with E-state index in [0.717, 1.165) is 0 Å². The maximum absolute atomic E-state index is 11.9. The molecule has 2 amide bonds. The lowest BCUT2D eigenvalue weighted by molar-refractivity contribution is -0.132. The van der Waals surface area contributed by atoms with Gasteiger partial charge in [-0.1, -0.05) is 0 Å². The molecule has 6 nitrogen and oxygen atoms in total. The summed E-state index contributed by atoms with van der Waals surface area (Å²) in [5.74, 6) is 0.0387. The zero-order valence-corrected chi connectivity index (χ0v) is 12.5. The number of nitrogens with one attached hydrogen (secondary N) is 2. The molecule has 0 aliphatic heterocycles. The van der Waals surface area contributed by atoms with Crippen molar-refractivity contribution in [3.8, 4) is 0 Å². The monoisotopic (exact) mass is 273 g/mol. The summed E-state index contributed by atoms with van der Waals surface area (Å²) >= 11 is 0. The van der Waals surface area contributed by atoms with Gasteiger partial charge in [-0.05, 0) is 20.8 Å². The van der Waals surface area contributed by atoms with Crippen LogP contribution in [0.2, 0.25) is 0 Å². The number of hydrogen-bond acceptors (Lipinski definition) is 4. The fourth-order valence-electron chi connectivity index (χ4n) is 1.68. The van der Waals surface area contributed by atoms with Gasteiger partial charge in [0.15, 0.2) is 0 Å². The Morgan fingerprint density at radius 2 is 1.84 bits per heavy atom. The number of likely N-dealkylation sites (N-methyl/N-ethyl adjacent to an activating group) is 1. The molecule has 0 radical (unpaired) electrons. The largest absolute Gasteiger partial charge is 0.383 e. The molecule has 0 heterocycles. The number of rotatable bonds is 10. The van der Waals surface area contributed by atoms with Crippen molar-refractivity contribution >= 4 is 11.8 Å². The van der Waals surface area contributed by atoms with Crippen molar-refractivity contribution in [3.63, 3.8) is 0 Å². The van der Waals surface area contributed by atoms with E-state index in [4.69, 9.17) is 4.74 Å². The van der Waals surface area contributed by atoms with Crippen LogP contribution in [-0.2, 0) is 14.3 Å². The van der Waals surface area contributed by atoms with Crippen molar-refractivity contribution in [1.82, 2.24) is 15.5 Å². The molecule has 1 atom stereocenters. The Bertz CT molecular complexity index is 268. The zero-order valence-electron chi connectivity index (χ0n) is 12.5. The molecule has 0 saturated carbocycles. The van der Waals surface area contributed by atoms with E-state index >= 15 is 0 Å². The Labute approximate surface area is 115 Å². The van der Waals surface area contributed by atoms with E-state index in [1.807, 2.05) is 20.8 Å². The fraction of sp³-hybridized carbons (Fsp3) is 0.846. The average Bonchev–Trinajstić information content (AvgIpc) is 2.40. The molecule has 0 aromatic carbocycles. The molecule has 1 unspecified atom stereocenters. The Morgan fingerprint density at radius 1 is 1.21 bits per heavy atom. The summed E-state index contributed by atoms with van der Waals surface area (Å²) in [5.41, 5.74) is 0. The molecule has 0 fully saturated rings. The second-order valence-electron chi connectivity index (χ2n) is 4.28.